The van der Waals surface area contributed by atoms with Crippen molar-refractivity contribution in [3.8, 4) is 5.75 Å². The summed E-state index contributed by atoms with van der Waals surface area (Å²) in [7, 11) is 0. The van der Waals surface area contributed by atoms with Crippen LogP contribution in [0.3, 0.4) is 0 Å². The van der Waals surface area contributed by atoms with Crippen LogP contribution in [0.4, 0.5) is 0 Å². The van der Waals surface area contributed by atoms with E-state index < -0.39 is 5.60 Å². The number of hydrogen-bond donors (Lipinski definition) is 2. The highest BCUT2D eigenvalue weighted by Gasteiger charge is 2.47. The number of nitrogens with one attached hydrogen (secondary N) is 1. The van der Waals surface area contributed by atoms with Crippen molar-refractivity contribution >= 4 is 16.7 Å². The van der Waals surface area contributed by atoms with Gasteiger partial charge in [0, 0.05) is 0 Å². The molecule has 2 aromatic carbocycles. The lowest BCUT2D eigenvalue weighted by Crippen LogP contribution is -2.43. The molecule has 1 atom stereocenters. The Morgan fingerprint density at radius 3 is 2.69 bits per heavy atom. The van der Waals surface area contributed by atoms with E-state index in [4.69, 9.17) is 9.15 Å². The summed E-state index contributed by atoms with van der Waals surface area (Å²) < 4.78 is 11.0. The van der Waals surface area contributed by atoms with Gasteiger partial charge in [0.1, 0.15) is 17.1 Å². The molecule has 3 aromatic rings. The molecule has 1 aliphatic carbocycles. The lowest BCUT2D eigenvalue weighted by molar-refractivity contribution is -0.125. The maximum atomic E-state index is 12.2. The topological polar surface area (TPSA) is 71.7 Å². The van der Waals surface area contributed by atoms with E-state index in [9.17, 15) is 9.90 Å². The predicted molar refractivity (Wildman–Crippen MR) is 97.8 cm³/mol. The summed E-state index contributed by atoms with van der Waals surface area (Å²) in [5.41, 5.74) is -1.15. The number of carbonyl (C=O) groups is 1. The van der Waals surface area contributed by atoms with Crippen LogP contribution in [0.25, 0.3) is 10.8 Å². The van der Waals surface area contributed by atoms with Crippen LogP contribution in [-0.2, 0) is 10.4 Å². The fourth-order valence-electron chi connectivity index (χ4n) is 3.21. The van der Waals surface area contributed by atoms with Crippen LogP contribution in [0.1, 0.15) is 18.6 Å². The van der Waals surface area contributed by atoms with E-state index >= 15 is 0 Å². The number of amides is 1. The van der Waals surface area contributed by atoms with Gasteiger partial charge in [-0.25, -0.2) is 0 Å². The molecule has 1 heterocycles. The lowest BCUT2D eigenvalue weighted by Gasteiger charge is -2.26. The van der Waals surface area contributed by atoms with Crippen LogP contribution in [0, 0.1) is 5.92 Å². The third-order valence-corrected chi connectivity index (χ3v) is 4.85. The molecular weight excluding hydrogens is 330 g/mol. The maximum Gasteiger partial charge on any atom is 0.258 e. The zero-order valence-corrected chi connectivity index (χ0v) is 14.4. The smallest absolute Gasteiger partial charge is 0.258 e. The number of aliphatic hydroxyl groups is 1. The van der Waals surface area contributed by atoms with Gasteiger partial charge in [0.05, 0.1) is 12.8 Å². The normalized spacial score (nSPS) is 16.2. The van der Waals surface area contributed by atoms with E-state index in [0.717, 1.165) is 23.6 Å². The van der Waals surface area contributed by atoms with Gasteiger partial charge in [-0.2, -0.15) is 0 Å². The van der Waals surface area contributed by atoms with Crippen LogP contribution in [0.2, 0.25) is 0 Å². The highest BCUT2D eigenvalue weighted by Crippen LogP contribution is 2.45. The number of fused-ring (bicyclic) bond motifs is 1. The Bertz CT molecular complexity index is 901. The molecule has 1 saturated carbocycles. The molecule has 0 spiro atoms. The van der Waals surface area contributed by atoms with E-state index in [1.807, 2.05) is 42.5 Å². The summed E-state index contributed by atoms with van der Waals surface area (Å²) in [4.78, 5) is 12.2. The summed E-state index contributed by atoms with van der Waals surface area (Å²) >= 11 is 0. The quantitative estimate of drug-likeness (QED) is 0.686. The van der Waals surface area contributed by atoms with Gasteiger partial charge in [0.2, 0.25) is 0 Å². The van der Waals surface area contributed by atoms with Gasteiger partial charge in [-0.05, 0) is 53.8 Å². The number of hydrogen-bond acceptors (Lipinski definition) is 4. The van der Waals surface area contributed by atoms with Crippen molar-refractivity contribution in [2.24, 2.45) is 5.92 Å². The lowest BCUT2D eigenvalue weighted by atomic mass is 9.94. The van der Waals surface area contributed by atoms with Crippen molar-refractivity contribution in [1.29, 1.82) is 0 Å². The zero-order chi connectivity index (χ0) is 18.0. The van der Waals surface area contributed by atoms with E-state index in [0.29, 0.717) is 11.5 Å². The van der Waals surface area contributed by atoms with Crippen LogP contribution >= 0.6 is 0 Å². The first-order valence-electron chi connectivity index (χ1n) is 8.80. The van der Waals surface area contributed by atoms with Crippen molar-refractivity contribution in [3.63, 3.8) is 0 Å². The number of ether oxygens (including phenoxy) is 1. The number of rotatable bonds is 7. The molecule has 0 aliphatic heterocycles. The first-order chi connectivity index (χ1) is 12.6. The molecule has 26 heavy (non-hydrogen) atoms. The van der Waals surface area contributed by atoms with Gasteiger partial charge < -0.3 is 19.6 Å². The molecule has 5 heteroatoms. The fraction of sp³-hybridized carbons (Fsp3) is 0.286. The molecule has 1 amide bonds. The second kappa shape index (κ2) is 6.84. The van der Waals surface area contributed by atoms with Crippen molar-refractivity contribution in [2.75, 3.05) is 13.2 Å². The molecule has 1 aromatic heterocycles. The zero-order valence-electron chi connectivity index (χ0n) is 14.4. The molecule has 134 valence electrons. The maximum absolute atomic E-state index is 12.2. The molecule has 1 fully saturated rings. The van der Waals surface area contributed by atoms with Gasteiger partial charge >= 0.3 is 0 Å². The van der Waals surface area contributed by atoms with Crippen LogP contribution in [0.15, 0.2) is 65.3 Å². The summed E-state index contributed by atoms with van der Waals surface area (Å²) in [5, 5.41) is 15.9. The predicted octanol–water partition coefficient (Wildman–Crippen LogP) is 3.23. The average molecular weight is 351 g/mol. The SMILES string of the molecule is O=C(COc1ccc2ccccc2c1)NCC(O)(c1ccco1)C1CC1. The monoisotopic (exact) mass is 351 g/mol. The summed E-state index contributed by atoms with van der Waals surface area (Å²) in [5.74, 6) is 0.984. The Balaban J connectivity index is 1.34. The summed E-state index contributed by atoms with van der Waals surface area (Å²) in [6.07, 6.45) is 3.40. The van der Waals surface area contributed by atoms with Gasteiger partial charge in [-0.3, -0.25) is 4.79 Å². The second-order valence-electron chi connectivity index (χ2n) is 6.75. The Labute approximate surface area is 151 Å². The standard InChI is InChI=1S/C21H21NO4/c23-20(13-26-18-10-7-15-4-1-2-5-16(15)12-18)22-14-21(24,17-8-9-17)19-6-3-11-25-19/h1-7,10-12,17,24H,8-9,13-14H2,(H,22,23). The van der Waals surface area contributed by atoms with Crippen molar-refractivity contribution in [2.45, 2.75) is 18.4 Å². The molecule has 5 nitrogen and oxygen atoms in total. The molecule has 1 unspecified atom stereocenters. The molecule has 1 aliphatic rings. The second-order valence-corrected chi connectivity index (χ2v) is 6.75. The minimum Gasteiger partial charge on any atom is -0.484 e. The highest BCUT2D eigenvalue weighted by atomic mass is 16.5. The molecular formula is C21H21NO4. The van der Waals surface area contributed by atoms with E-state index in [2.05, 4.69) is 5.32 Å². The van der Waals surface area contributed by atoms with Gasteiger partial charge in [0.15, 0.2) is 6.61 Å². The number of furan rings is 1. The first-order valence-corrected chi connectivity index (χ1v) is 8.80. The molecule has 2 N–H and O–H groups in total. The van der Waals surface area contributed by atoms with Gasteiger partial charge in [-0.15, -0.1) is 0 Å². The number of carbonyl (C=O) groups excluding carboxylic acids is 1. The largest absolute Gasteiger partial charge is 0.484 e. The first kappa shape index (κ1) is 16.7. The Kier molecular flexibility index (Phi) is 4.39. The molecule has 0 bridgehead atoms. The Morgan fingerprint density at radius 2 is 1.96 bits per heavy atom. The van der Waals surface area contributed by atoms with Crippen LogP contribution < -0.4 is 10.1 Å². The molecule has 0 radical (unpaired) electrons. The summed E-state index contributed by atoms with van der Waals surface area (Å²) in [6.45, 7) is 0.0162. The average Bonchev–Trinajstić information content (AvgIpc) is 3.39. The van der Waals surface area contributed by atoms with Gasteiger partial charge in [0.25, 0.3) is 5.91 Å². The third-order valence-electron chi connectivity index (χ3n) is 4.85. The van der Waals surface area contributed by atoms with Crippen LogP contribution in [-0.4, -0.2) is 24.2 Å². The molecule has 4 rings (SSSR count). The molecule has 0 saturated heterocycles. The third kappa shape index (κ3) is 3.44. The minimum absolute atomic E-state index is 0.1000. The van der Waals surface area contributed by atoms with Crippen LogP contribution in [0.5, 0.6) is 5.75 Å². The van der Waals surface area contributed by atoms with Crippen molar-refractivity contribution in [1.82, 2.24) is 5.32 Å². The van der Waals surface area contributed by atoms with Crippen molar-refractivity contribution < 1.29 is 19.1 Å². The fourth-order valence-corrected chi connectivity index (χ4v) is 3.21. The highest BCUT2D eigenvalue weighted by molar-refractivity contribution is 5.84. The summed E-state index contributed by atoms with van der Waals surface area (Å²) in [6, 6.07) is 17.2. The van der Waals surface area contributed by atoms with E-state index in [1.54, 1.807) is 12.1 Å². The van der Waals surface area contributed by atoms with E-state index in [-0.39, 0.29) is 25.0 Å². The Hall–Kier alpha value is -2.79. The van der Waals surface area contributed by atoms with Gasteiger partial charge in [-0.1, -0.05) is 30.3 Å². The minimum atomic E-state index is -1.15. The Morgan fingerprint density at radius 1 is 1.15 bits per heavy atom. The van der Waals surface area contributed by atoms with Crippen molar-refractivity contribution in [3.05, 3.63) is 66.6 Å². The number of benzene rings is 2. The van der Waals surface area contributed by atoms with E-state index in [1.165, 1.54) is 6.26 Å².